The molecule has 2 aliphatic rings. The number of carbonyl (C=O) groups is 1. The molecule has 0 bridgehead atoms. The lowest BCUT2D eigenvalue weighted by molar-refractivity contribution is -0.137. The van der Waals surface area contributed by atoms with Crippen LogP contribution in [0.4, 0.5) is 5.69 Å². The number of aliphatic carboxylic acids is 1. The van der Waals surface area contributed by atoms with Gasteiger partial charge in [0.2, 0.25) is 0 Å². The third-order valence-corrected chi connectivity index (χ3v) is 8.07. The van der Waals surface area contributed by atoms with Crippen molar-refractivity contribution in [3.63, 3.8) is 0 Å². The molecular weight excluding hydrogens is 512 g/mol. The molecule has 3 rings (SSSR count). The lowest BCUT2D eigenvalue weighted by Crippen LogP contribution is -2.50. The SMILES string of the molecule is C\C=C/C(C1=CCN(C2CCC(C)N(c3ccccc3C(C)CCC(=O)O)C2)N=N1)=C(\C=C\S(C)(=O)=O)CC. The molecule has 8 nitrogen and oxygen atoms in total. The van der Waals surface area contributed by atoms with E-state index in [0.29, 0.717) is 25.4 Å². The molecule has 39 heavy (non-hydrogen) atoms. The summed E-state index contributed by atoms with van der Waals surface area (Å²) in [4.78, 5) is 13.6. The molecule has 3 atom stereocenters. The topological polar surface area (TPSA) is 103 Å². The number of anilines is 1. The number of carboxylic acids is 1. The highest BCUT2D eigenvalue weighted by Gasteiger charge is 2.31. The Balaban J connectivity index is 1.80. The molecule has 1 saturated heterocycles. The molecule has 0 aliphatic carbocycles. The third kappa shape index (κ3) is 8.39. The van der Waals surface area contributed by atoms with Crippen molar-refractivity contribution in [2.45, 2.75) is 77.8 Å². The van der Waals surface area contributed by atoms with Crippen molar-refractivity contribution < 1.29 is 18.3 Å². The van der Waals surface area contributed by atoms with E-state index in [1.54, 1.807) is 6.08 Å². The van der Waals surface area contributed by atoms with E-state index in [2.05, 4.69) is 47.3 Å². The molecule has 0 aromatic heterocycles. The van der Waals surface area contributed by atoms with Gasteiger partial charge in [0.05, 0.1) is 18.3 Å². The first-order valence-electron chi connectivity index (χ1n) is 13.7. The number of sulfone groups is 1. The van der Waals surface area contributed by atoms with Gasteiger partial charge in [-0.2, -0.15) is 0 Å². The van der Waals surface area contributed by atoms with Gasteiger partial charge in [0.1, 0.15) is 0 Å². The largest absolute Gasteiger partial charge is 0.481 e. The molecule has 0 amide bonds. The van der Waals surface area contributed by atoms with Crippen LogP contribution < -0.4 is 4.90 Å². The van der Waals surface area contributed by atoms with Crippen molar-refractivity contribution in [3.05, 3.63) is 76.4 Å². The Labute approximate surface area is 233 Å². The molecule has 1 aromatic carbocycles. The van der Waals surface area contributed by atoms with Crippen LogP contribution in [0.1, 0.15) is 71.3 Å². The Bertz CT molecular complexity index is 1280. The van der Waals surface area contributed by atoms with Gasteiger partial charge < -0.3 is 10.0 Å². The number of allylic oxidation sites excluding steroid dienone is 4. The summed E-state index contributed by atoms with van der Waals surface area (Å²) >= 11 is 0. The fourth-order valence-electron chi connectivity index (χ4n) is 5.20. The summed E-state index contributed by atoms with van der Waals surface area (Å²) in [5, 5.41) is 21.6. The van der Waals surface area contributed by atoms with Crippen molar-refractivity contribution in [1.29, 1.82) is 0 Å². The fraction of sp³-hybridized carbons (Fsp3) is 0.500. The first-order chi connectivity index (χ1) is 18.5. The monoisotopic (exact) mass is 554 g/mol. The predicted octanol–water partition coefficient (Wildman–Crippen LogP) is 6.42. The van der Waals surface area contributed by atoms with Crippen molar-refractivity contribution in [3.8, 4) is 0 Å². The van der Waals surface area contributed by atoms with Crippen molar-refractivity contribution in [2.75, 3.05) is 24.2 Å². The average Bonchev–Trinajstić information content (AvgIpc) is 2.91. The van der Waals surface area contributed by atoms with E-state index >= 15 is 0 Å². The standard InChI is InChI=1S/C30H42N4O4S/c1-6-10-27(24(7-2)18-20-39(5,37)38)28-17-19-34(32-31-28)25-15-14-23(4)33(21-25)29-12-9-8-11-26(29)22(3)13-16-30(35)36/h6,8-12,17-18,20,22-23,25H,7,13-16,19,21H2,1-5H3,(H,35,36)/b10-6-,20-18+,27-24+. The minimum Gasteiger partial charge on any atom is -0.481 e. The highest BCUT2D eigenvalue weighted by molar-refractivity contribution is 7.93. The van der Waals surface area contributed by atoms with Crippen LogP contribution in [0.2, 0.25) is 0 Å². The molecule has 0 saturated carbocycles. The summed E-state index contributed by atoms with van der Waals surface area (Å²) in [6.07, 6.45) is 12.2. The van der Waals surface area contributed by atoms with E-state index in [1.165, 1.54) is 22.9 Å². The summed E-state index contributed by atoms with van der Waals surface area (Å²) in [5.41, 5.74) is 4.87. The molecule has 1 aromatic rings. The second-order valence-corrected chi connectivity index (χ2v) is 12.4. The van der Waals surface area contributed by atoms with Gasteiger partial charge >= 0.3 is 5.97 Å². The Hall–Kier alpha value is -3.20. The highest BCUT2D eigenvalue weighted by atomic mass is 32.2. The van der Waals surface area contributed by atoms with Crippen LogP contribution in [-0.2, 0) is 14.6 Å². The number of para-hydroxylation sites is 1. The number of rotatable bonds is 11. The molecule has 0 radical (unpaired) electrons. The lowest BCUT2D eigenvalue weighted by Gasteiger charge is -2.43. The van der Waals surface area contributed by atoms with E-state index < -0.39 is 15.8 Å². The number of piperidine rings is 1. The summed E-state index contributed by atoms with van der Waals surface area (Å²) in [7, 11) is -3.23. The van der Waals surface area contributed by atoms with Crippen LogP contribution in [0.5, 0.6) is 0 Å². The summed E-state index contributed by atoms with van der Waals surface area (Å²) in [5.74, 6) is -0.620. The van der Waals surface area contributed by atoms with E-state index in [1.807, 2.05) is 43.1 Å². The summed E-state index contributed by atoms with van der Waals surface area (Å²) in [6.45, 7) is 9.70. The Morgan fingerprint density at radius 1 is 1.23 bits per heavy atom. The van der Waals surface area contributed by atoms with Crippen LogP contribution in [0, 0.1) is 0 Å². The molecule has 3 unspecified atom stereocenters. The summed E-state index contributed by atoms with van der Waals surface area (Å²) < 4.78 is 23.4. The Kier molecular flexibility index (Phi) is 10.7. The van der Waals surface area contributed by atoms with Gasteiger partial charge in [-0.1, -0.05) is 49.4 Å². The van der Waals surface area contributed by atoms with E-state index in [-0.39, 0.29) is 18.4 Å². The highest BCUT2D eigenvalue weighted by Crippen LogP contribution is 2.35. The lowest BCUT2D eigenvalue weighted by atomic mass is 9.91. The molecule has 0 spiro atoms. The maximum Gasteiger partial charge on any atom is 0.303 e. The number of nitrogens with zero attached hydrogens (tertiary/aromatic N) is 4. The maximum atomic E-state index is 11.7. The van der Waals surface area contributed by atoms with Crippen molar-refractivity contribution >= 4 is 21.5 Å². The zero-order chi connectivity index (χ0) is 28.6. The first-order valence-corrected chi connectivity index (χ1v) is 15.7. The smallest absolute Gasteiger partial charge is 0.303 e. The number of hydrogen-bond donors (Lipinski definition) is 1. The summed E-state index contributed by atoms with van der Waals surface area (Å²) in [6, 6.07) is 8.89. The van der Waals surface area contributed by atoms with Crippen molar-refractivity contribution in [2.24, 2.45) is 10.3 Å². The second-order valence-electron chi connectivity index (χ2n) is 10.5. The fourth-order valence-corrected chi connectivity index (χ4v) is 5.62. The number of hydrogen-bond acceptors (Lipinski definition) is 7. The molecule has 212 valence electrons. The molecular formula is C30H42N4O4S. The quantitative estimate of drug-likeness (QED) is 0.317. The minimum atomic E-state index is -3.23. The third-order valence-electron chi connectivity index (χ3n) is 7.44. The van der Waals surface area contributed by atoms with Crippen molar-refractivity contribution in [1.82, 2.24) is 5.01 Å². The van der Waals surface area contributed by atoms with Gasteiger partial charge in [-0.3, -0.25) is 9.80 Å². The second kappa shape index (κ2) is 13.7. The zero-order valence-electron chi connectivity index (χ0n) is 23.7. The number of benzene rings is 1. The van der Waals surface area contributed by atoms with Gasteiger partial charge in [0, 0.05) is 41.9 Å². The molecule has 9 heteroatoms. The van der Waals surface area contributed by atoms with Gasteiger partial charge in [0.25, 0.3) is 0 Å². The van der Waals surface area contributed by atoms with Crippen LogP contribution >= 0.6 is 0 Å². The van der Waals surface area contributed by atoms with E-state index in [9.17, 15) is 13.2 Å². The maximum absolute atomic E-state index is 11.7. The van der Waals surface area contributed by atoms with Crippen LogP contribution in [0.15, 0.2) is 81.2 Å². The van der Waals surface area contributed by atoms with E-state index in [4.69, 9.17) is 5.11 Å². The molecule has 2 heterocycles. The first kappa shape index (κ1) is 30.3. The molecule has 1 N–H and O–H groups in total. The van der Waals surface area contributed by atoms with Crippen LogP contribution in [-0.4, -0.2) is 55.9 Å². The van der Waals surface area contributed by atoms with Gasteiger partial charge in [-0.15, -0.1) is 5.11 Å². The number of carboxylic acid groups (broad SMARTS) is 1. The zero-order valence-corrected chi connectivity index (χ0v) is 24.6. The molecule has 1 fully saturated rings. The predicted molar refractivity (Wildman–Crippen MR) is 157 cm³/mol. The Morgan fingerprint density at radius 2 is 1.97 bits per heavy atom. The van der Waals surface area contributed by atoms with Gasteiger partial charge in [0.15, 0.2) is 9.84 Å². The Morgan fingerprint density at radius 3 is 2.59 bits per heavy atom. The molecule has 2 aliphatic heterocycles. The average molecular weight is 555 g/mol. The van der Waals surface area contributed by atoms with Gasteiger partial charge in [-0.05, 0) is 74.8 Å². The van der Waals surface area contributed by atoms with Crippen LogP contribution in [0.3, 0.4) is 0 Å². The van der Waals surface area contributed by atoms with Gasteiger partial charge in [-0.25, -0.2) is 8.42 Å². The van der Waals surface area contributed by atoms with E-state index in [0.717, 1.165) is 36.2 Å². The minimum absolute atomic E-state index is 0.145. The van der Waals surface area contributed by atoms with Crippen LogP contribution in [0.25, 0.3) is 0 Å². The normalized spacial score (nSPS) is 21.8.